The van der Waals surface area contributed by atoms with Crippen molar-refractivity contribution in [2.45, 2.75) is 19.0 Å². The Morgan fingerprint density at radius 2 is 1.90 bits per heavy atom. The molecular weight excluding hydrogens is 424 g/mol. The Kier molecular flexibility index (Phi) is 5.28. The Hall–Kier alpha value is -2.49. The second-order valence-electron chi connectivity index (χ2n) is 6.87. The van der Waals surface area contributed by atoms with Gasteiger partial charge in [0.25, 0.3) is 0 Å². The molecule has 1 aliphatic rings. The van der Waals surface area contributed by atoms with E-state index in [4.69, 9.17) is 12.2 Å². The molecule has 2 aromatic heterocycles. The number of anilines is 2. The topological polar surface area (TPSA) is 74.3 Å². The first kappa shape index (κ1) is 19.8. The summed E-state index contributed by atoms with van der Waals surface area (Å²) in [4.78, 5) is 9.02. The Labute approximate surface area is 179 Å². The summed E-state index contributed by atoms with van der Waals surface area (Å²) < 4.78 is 25.4. The highest BCUT2D eigenvalue weighted by molar-refractivity contribution is 7.92. The van der Waals surface area contributed by atoms with E-state index < -0.39 is 10.0 Å². The first-order chi connectivity index (χ1) is 13.8. The van der Waals surface area contributed by atoms with Gasteiger partial charge in [-0.05, 0) is 67.7 Å². The predicted octanol–water partition coefficient (Wildman–Crippen LogP) is 4.00. The number of aromatic nitrogens is 1. The van der Waals surface area contributed by atoms with Gasteiger partial charge in [0.15, 0.2) is 5.11 Å². The fourth-order valence-electron chi connectivity index (χ4n) is 3.44. The predicted molar refractivity (Wildman–Crippen MR) is 122 cm³/mol. The molecule has 29 heavy (non-hydrogen) atoms. The van der Waals surface area contributed by atoms with E-state index in [1.807, 2.05) is 30.3 Å². The number of nitrogens with zero attached hydrogens (tertiary/aromatic N) is 2. The lowest BCUT2D eigenvalue weighted by Gasteiger charge is -2.27. The molecule has 6 nitrogen and oxygen atoms in total. The fraction of sp³-hybridized carbons (Fsp3) is 0.200. The van der Waals surface area contributed by atoms with E-state index in [0.717, 1.165) is 17.6 Å². The second kappa shape index (κ2) is 7.74. The highest BCUT2D eigenvalue weighted by Gasteiger charge is 2.41. The van der Waals surface area contributed by atoms with Gasteiger partial charge < -0.3 is 10.2 Å². The minimum Gasteiger partial charge on any atom is -0.351 e. The molecule has 0 spiro atoms. The number of nitrogens with one attached hydrogen (secondary N) is 2. The van der Waals surface area contributed by atoms with Crippen LogP contribution < -0.4 is 14.9 Å². The van der Waals surface area contributed by atoms with Crippen LogP contribution in [0.4, 0.5) is 11.4 Å². The summed E-state index contributed by atoms with van der Waals surface area (Å²) in [6.45, 7) is 2.08. The number of hydrogen-bond donors (Lipinski definition) is 2. The first-order valence-electron chi connectivity index (χ1n) is 8.97. The van der Waals surface area contributed by atoms with Crippen LogP contribution in [0.3, 0.4) is 0 Å². The SMILES string of the molecule is Cc1ccc([C@@H]2[C@@H](c3ccccn3)NC(=S)N2c2ccc(NS(C)(=O)=O)cc2)s1. The van der Waals surface area contributed by atoms with Crippen LogP contribution in [0.5, 0.6) is 0 Å². The van der Waals surface area contributed by atoms with Crippen molar-refractivity contribution >= 4 is 50.1 Å². The van der Waals surface area contributed by atoms with Crippen molar-refractivity contribution in [3.63, 3.8) is 0 Å². The summed E-state index contributed by atoms with van der Waals surface area (Å²) in [5.41, 5.74) is 2.32. The van der Waals surface area contributed by atoms with Crippen LogP contribution in [0.15, 0.2) is 60.8 Å². The van der Waals surface area contributed by atoms with E-state index in [1.54, 1.807) is 29.7 Å². The molecule has 1 aromatic carbocycles. The molecule has 3 aromatic rings. The van der Waals surface area contributed by atoms with E-state index in [9.17, 15) is 8.42 Å². The van der Waals surface area contributed by atoms with Crippen molar-refractivity contribution in [1.82, 2.24) is 10.3 Å². The number of pyridine rings is 1. The van der Waals surface area contributed by atoms with Crippen molar-refractivity contribution in [3.8, 4) is 0 Å². The zero-order valence-corrected chi connectivity index (χ0v) is 18.3. The van der Waals surface area contributed by atoms with Gasteiger partial charge in [-0.1, -0.05) is 6.07 Å². The third kappa shape index (κ3) is 4.26. The van der Waals surface area contributed by atoms with Crippen molar-refractivity contribution < 1.29 is 8.42 Å². The lowest BCUT2D eigenvalue weighted by atomic mass is 10.0. The van der Waals surface area contributed by atoms with E-state index in [1.165, 1.54) is 9.75 Å². The number of aryl methyl sites for hydroxylation is 1. The molecule has 0 saturated carbocycles. The molecule has 9 heteroatoms. The zero-order chi connectivity index (χ0) is 20.6. The molecule has 2 atom stereocenters. The highest BCUT2D eigenvalue weighted by atomic mass is 32.2. The number of thiocarbonyl (C=S) groups is 1. The van der Waals surface area contributed by atoms with Crippen molar-refractivity contribution in [1.29, 1.82) is 0 Å². The minimum absolute atomic E-state index is 0.0511. The summed E-state index contributed by atoms with van der Waals surface area (Å²) >= 11 is 7.42. The standard InChI is InChI=1S/C20H20N4O2S3/c1-13-6-11-17(28-13)19-18(16-5-3-4-12-21-16)22-20(27)24(19)15-9-7-14(8-10-15)23-29(2,25)26/h3-12,18-19,23H,1-2H3,(H,22,27)/t18-,19-/m1/s1. The van der Waals surface area contributed by atoms with Gasteiger partial charge in [0, 0.05) is 27.3 Å². The van der Waals surface area contributed by atoms with Gasteiger partial charge in [-0.3, -0.25) is 9.71 Å². The number of hydrogen-bond acceptors (Lipinski definition) is 5. The lowest BCUT2D eigenvalue weighted by molar-refractivity contribution is 0.575. The molecule has 3 heterocycles. The lowest BCUT2D eigenvalue weighted by Crippen LogP contribution is -2.29. The van der Waals surface area contributed by atoms with Crippen molar-refractivity contribution in [2.75, 3.05) is 15.9 Å². The van der Waals surface area contributed by atoms with Gasteiger partial charge in [-0.25, -0.2) is 8.42 Å². The van der Waals surface area contributed by atoms with E-state index in [2.05, 4.69) is 39.0 Å². The molecule has 4 rings (SSSR count). The molecule has 0 amide bonds. The number of benzene rings is 1. The maximum Gasteiger partial charge on any atom is 0.229 e. The van der Waals surface area contributed by atoms with Crippen LogP contribution in [-0.2, 0) is 10.0 Å². The van der Waals surface area contributed by atoms with E-state index in [-0.39, 0.29) is 12.1 Å². The summed E-state index contributed by atoms with van der Waals surface area (Å²) in [6.07, 6.45) is 2.91. The fourth-order valence-corrected chi connectivity index (χ4v) is 5.35. The van der Waals surface area contributed by atoms with Crippen LogP contribution in [0.1, 0.15) is 27.5 Å². The smallest absolute Gasteiger partial charge is 0.229 e. The quantitative estimate of drug-likeness (QED) is 0.580. The number of sulfonamides is 1. The maximum atomic E-state index is 11.5. The van der Waals surface area contributed by atoms with Crippen LogP contribution in [0.25, 0.3) is 0 Å². The number of rotatable bonds is 5. The Bertz CT molecular complexity index is 1130. The molecule has 150 valence electrons. The average molecular weight is 445 g/mol. The first-order valence-corrected chi connectivity index (χ1v) is 12.1. The Morgan fingerprint density at radius 1 is 1.14 bits per heavy atom. The van der Waals surface area contributed by atoms with Gasteiger partial charge in [0.2, 0.25) is 10.0 Å². The normalized spacial score (nSPS) is 19.2. The average Bonchev–Trinajstić information content (AvgIpc) is 3.25. The summed E-state index contributed by atoms with van der Waals surface area (Å²) in [5.74, 6) is 0. The molecule has 1 saturated heterocycles. The third-order valence-electron chi connectivity index (χ3n) is 4.60. The maximum absolute atomic E-state index is 11.5. The van der Waals surface area contributed by atoms with Crippen LogP contribution >= 0.6 is 23.6 Å². The van der Waals surface area contributed by atoms with Gasteiger partial charge in [0.1, 0.15) is 0 Å². The highest BCUT2D eigenvalue weighted by Crippen LogP contribution is 2.43. The van der Waals surface area contributed by atoms with Crippen LogP contribution in [-0.4, -0.2) is 24.8 Å². The largest absolute Gasteiger partial charge is 0.351 e. The van der Waals surface area contributed by atoms with E-state index >= 15 is 0 Å². The van der Waals surface area contributed by atoms with Gasteiger partial charge in [-0.2, -0.15) is 0 Å². The van der Waals surface area contributed by atoms with Crippen molar-refractivity contribution in [3.05, 3.63) is 76.2 Å². The molecule has 1 aliphatic heterocycles. The molecule has 0 unspecified atom stereocenters. The second-order valence-corrected chi connectivity index (χ2v) is 10.3. The van der Waals surface area contributed by atoms with Gasteiger partial charge in [0.05, 0.1) is 24.0 Å². The number of thiophene rings is 1. The van der Waals surface area contributed by atoms with Crippen molar-refractivity contribution in [2.24, 2.45) is 0 Å². The van der Waals surface area contributed by atoms with Gasteiger partial charge in [-0.15, -0.1) is 11.3 Å². The summed E-state index contributed by atoms with van der Waals surface area (Å²) in [7, 11) is -3.32. The van der Waals surface area contributed by atoms with Crippen LogP contribution in [0, 0.1) is 6.92 Å². The van der Waals surface area contributed by atoms with Gasteiger partial charge >= 0.3 is 0 Å². The molecule has 0 radical (unpaired) electrons. The summed E-state index contributed by atoms with van der Waals surface area (Å²) in [5, 5.41) is 4.03. The Morgan fingerprint density at radius 3 is 2.48 bits per heavy atom. The molecule has 1 fully saturated rings. The monoisotopic (exact) mass is 444 g/mol. The summed E-state index contributed by atoms with van der Waals surface area (Å²) in [6, 6.07) is 17.2. The Balaban J connectivity index is 1.73. The van der Waals surface area contributed by atoms with Crippen LogP contribution in [0.2, 0.25) is 0 Å². The van der Waals surface area contributed by atoms with E-state index in [0.29, 0.717) is 10.8 Å². The molecular formula is C20H20N4O2S3. The third-order valence-corrected chi connectivity index (χ3v) is 6.59. The zero-order valence-electron chi connectivity index (χ0n) is 15.9. The molecule has 2 N–H and O–H groups in total. The molecule has 0 aliphatic carbocycles. The minimum atomic E-state index is -3.32. The molecule has 0 bridgehead atoms.